The lowest BCUT2D eigenvalue weighted by Gasteiger charge is -2.13. The Morgan fingerprint density at radius 1 is 0.970 bits per heavy atom. The van der Waals surface area contributed by atoms with Crippen LogP contribution in [0.5, 0.6) is 5.75 Å². The summed E-state index contributed by atoms with van der Waals surface area (Å²) in [5.74, 6) is -0.268. The van der Waals surface area contributed by atoms with E-state index in [9.17, 15) is 18.0 Å². The molecule has 0 N–H and O–H groups in total. The summed E-state index contributed by atoms with van der Waals surface area (Å²) in [6, 6.07) is 19.2. The first-order valence-corrected chi connectivity index (χ1v) is 12.9. The first-order valence-electron chi connectivity index (χ1n) is 9.52. The van der Waals surface area contributed by atoms with E-state index in [4.69, 9.17) is 15.8 Å². The van der Waals surface area contributed by atoms with Gasteiger partial charge in [-0.3, -0.25) is 14.5 Å². The SMILES string of the molecule is O=C1S/C(=C\c2ccc(OS(=O)(=O)c3ccc(Cl)cc3)cc2)C(=O)N1Cc1ccccc1Br. The number of halogens is 2. The highest BCUT2D eigenvalue weighted by Gasteiger charge is 2.35. The zero-order valence-electron chi connectivity index (χ0n) is 16.8. The van der Waals surface area contributed by atoms with Crippen molar-refractivity contribution in [2.45, 2.75) is 11.4 Å². The van der Waals surface area contributed by atoms with Gasteiger partial charge >= 0.3 is 10.1 Å². The molecule has 3 aromatic rings. The number of imide groups is 1. The molecule has 0 spiro atoms. The van der Waals surface area contributed by atoms with Crippen molar-refractivity contribution in [3.05, 3.63) is 98.3 Å². The maximum atomic E-state index is 12.8. The molecule has 0 atom stereocenters. The molecule has 0 saturated carbocycles. The van der Waals surface area contributed by atoms with Crippen molar-refractivity contribution in [1.29, 1.82) is 0 Å². The number of amides is 2. The summed E-state index contributed by atoms with van der Waals surface area (Å²) < 4.78 is 30.8. The number of carbonyl (C=O) groups excluding carboxylic acids is 2. The fraction of sp³-hybridized carbons (Fsp3) is 0.0435. The van der Waals surface area contributed by atoms with Crippen LogP contribution in [0.15, 0.2) is 87.1 Å². The van der Waals surface area contributed by atoms with Gasteiger partial charge in [0.15, 0.2) is 0 Å². The Morgan fingerprint density at radius 2 is 1.64 bits per heavy atom. The van der Waals surface area contributed by atoms with Gasteiger partial charge < -0.3 is 4.18 Å². The second-order valence-corrected chi connectivity index (χ2v) is 10.7. The Morgan fingerprint density at radius 3 is 2.30 bits per heavy atom. The van der Waals surface area contributed by atoms with Crippen LogP contribution < -0.4 is 4.18 Å². The molecule has 0 unspecified atom stereocenters. The zero-order chi connectivity index (χ0) is 23.6. The lowest BCUT2D eigenvalue weighted by molar-refractivity contribution is -0.123. The molecular formula is C23H15BrClNO5S2. The summed E-state index contributed by atoms with van der Waals surface area (Å²) in [5.41, 5.74) is 1.45. The fourth-order valence-electron chi connectivity index (χ4n) is 2.98. The van der Waals surface area contributed by atoms with Gasteiger partial charge in [0.25, 0.3) is 11.1 Å². The van der Waals surface area contributed by atoms with E-state index in [0.717, 1.165) is 21.8 Å². The molecule has 1 fully saturated rings. The van der Waals surface area contributed by atoms with Gasteiger partial charge in [-0.05, 0) is 71.4 Å². The van der Waals surface area contributed by atoms with Crippen LogP contribution in [0.25, 0.3) is 6.08 Å². The number of nitrogens with zero attached hydrogens (tertiary/aromatic N) is 1. The summed E-state index contributed by atoms with van der Waals surface area (Å²) in [6.07, 6.45) is 1.59. The van der Waals surface area contributed by atoms with Gasteiger partial charge in [-0.15, -0.1) is 0 Å². The summed E-state index contributed by atoms with van der Waals surface area (Å²) in [5, 5.41) is 0.0649. The highest BCUT2D eigenvalue weighted by Crippen LogP contribution is 2.34. The van der Waals surface area contributed by atoms with Crippen molar-refractivity contribution in [2.75, 3.05) is 0 Å². The second kappa shape index (κ2) is 9.72. The largest absolute Gasteiger partial charge is 0.379 e. The van der Waals surface area contributed by atoms with Gasteiger partial charge in [-0.25, -0.2) is 0 Å². The summed E-state index contributed by atoms with van der Waals surface area (Å²) in [4.78, 5) is 26.6. The quantitative estimate of drug-likeness (QED) is 0.266. The molecular weight excluding hydrogens is 550 g/mol. The van der Waals surface area contributed by atoms with Gasteiger partial charge in [0.2, 0.25) is 0 Å². The Bertz CT molecular complexity index is 1360. The van der Waals surface area contributed by atoms with Crippen molar-refractivity contribution in [3.63, 3.8) is 0 Å². The van der Waals surface area contributed by atoms with Crippen LogP contribution >= 0.6 is 39.3 Å². The van der Waals surface area contributed by atoms with Crippen LogP contribution in [0.3, 0.4) is 0 Å². The zero-order valence-corrected chi connectivity index (χ0v) is 20.7. The third-order valence-corrected chi connectivity index (χ3v) is 7.84. The molecule has 1 saturated heterocycles. The minimum atomic E-state index is -4.01. The van der Waals surface area contributed by atoms with Gasteiger partial charge in [0, 0.05) is 9.50 Å². The number of benzene rings is 3. The highest BCUT2D eigenvalue weighted by atomic mass is 79.9. The van der Waals surface area contributed by atoms with Crippen LogP contribution in [0.1, 0.15) is 11.1 Å². The van der Waals surface area contributed by atoms with Crippen LogP contribution in [0.2, 0.25) is 5.02 Å². The summed E-state index contributed by atoms with van der Waals surface area (Å²) >= 11 is 10.1. The maximum Gasteiger partial charge on any atom is 0.339 e. The van der Waals surface area contributed by atoms with Crippen molar-refractivity contribution < 1.29 is 22.2 Å². The van der Waals surface area contributed by atoms with Crippen molar-refractivity contribution >= 4 is 66.6 Å². The standard InChI is InChI=1S/C23H15BrClNO5S2/c24-20-4-2-1-3-16(20)14-26-22(27)21(32-23(26)28)13-15-5-9-18(10-6-15)31-33(29,30)19-11-7-17(25)8-12-19/h1-13H,14H2/b21-13-. The van der Waals surface area contributed by atoms with Crippen LogP contribution in [-0.2, 0) is 21.5 Å². The minimum Gasteiger partial charge on any atom is -0.379 e. The number of carbonyl (C=O) groups is 2. The molecule has 1 heterocycles. The van der Waals surface area contributed by atoms with Gasteiger partial charge in [0.1, 0.15) is 10.6 Å². The maximum absolute atomic E-state index is 12.8. The molecule has 10 heteroatoms. The predicted molar refractivity (Wildman–Crippen MR) is 131 cm³/mol. The summed E-state index contributed by atoms with van der Waals surface area (Å²) in [7, 11) is -4.01. The first-order chi connectivity index (χ1) is 15.7. The molecule has 6 nitrogen and oxygen atoms in total. The average Bonchev–Trinajstić information content (AvgIpc) is 3.04. The molecule has 4 rings (SSSR count). The Kier molecular flexibility index (Phi) is 6.94. The third kappa shape index (κ3) is 5.50. The number of thioether (sulfide) groups is 1. The molecule has 2 amide bonds. The summed E-state index contributed by atoms with van der Waals surface area (Å²) in [6.45, 7) is 0.165. The lowest BCUT2D eigenvalue weighted by Crippen LogP contribution is -2.27. The monoisotopic (exact) mass is 563 g/mol. The molecule has 1 aliphatic rings. The highest BCUT2D eigenvalue weighted by molar-refractivity contribution is 9.10. The van der Waals surface area contributed by atoms with Crippen LogP contribution in [-0.4, -0.2) is 24.5 Å². The predicted octanol–water partition coefficient (Wildman–Crippen LogP) is 6.11. The molecule has 33 heavy (non-hydrogen) atoms. The Balaban J connectivity index is 1.47. The smallest absolute Gasteiger partial charge is 0.339 e. The molecule has 168 valence electrons. The van der Waals surface area contributed by atoms with E-state index in [1.807, 2.05) is 24.3 Å². The number of hydrogen-bond donors (Lipinski definition) is 0. The molecule has 0 aliphatic carbocycles. The molecule has 0 radical (unpaired) electrons. The minimum absolute atomic E-state index is 0.0188. The Hall–Kier alpha value is -2.59. The lowest BCUT2D eigenvalue weighted by atomic mass is 10.2. The van der Waals surface area contributed by atoms with E-state index >= 15 is 0 Å². The van der Waals surface area contributed by atoms with Crippen LogP contribution in [0.4, 0.5) is 4.79 Å². The Labute approximate surface area is 208 Å². The molecule has 1 aliphatic heterocycles. The van der Waals surface area contributed by atoms with Crippen molar-refractivity contribution in [2.24, 2.45) is 0 Å². The second-order valence-electron chi connectivity index (χ2n) is 6.92. The first kappa shape index (κ1) is 23.6. The normalized spacial score (nSPS) is 15.3. The number of hydrogen-bond acceptors (Lipinski definition) is 6. The van der Waals surface area contributed by atoms with Crippen molar-refractivity contribution in [3.8, 4) is 5.75 Å². The van der Waals surface area contributed by atoms with Gasteiger partial charge in [0.05, 0.1) is 11.4 Å². The third-order valence-electron chi connectivity index (χ3n) is 4.65. The van der Waals surface area contributed by atoms with E-state index in [0.29, 0.717) is 10.6 Å². The van der Waals surface area contributed by atoms with Crippen molar-refractivity contribution in [1.82, 2.24) is 4.90 Å². The average molecular weight is 565 g/mol. The number of rotatable bonds is 6. The van der Waals surface area contributed by atoms with Gasteiger partial charge in [-0.2, -0.15) is 8.42 Å². The molecule has 3 aromatic carbocycles. The molecule has 0 bridgehead atoms. The topological polar surface area (TPSA) is 80.8 Å². The van der Waals surface area contributed by atoms with Crippen LogP contribution in [0, 0.1) is 0 Å². The fourth-order valence-corrected chi connectivity index (χ4v) is 5.28. The van der Waals surface area contributed by atoms with Gasteiger partial charge in [-0.1, -0.05) is 57.9 Å². The van der Waals surface area contributed by atoms with E-state index in [-0.39, 0.29) is 33.2 Å². The van der Waals surface area contributed by atoms with E-state index in [1.165, 1.54) is 41.3 Å². The van der Waals surface area contributed by atoms with E-state index in [2.05, 4.69) is 15.9 Å². The van der Waals surface area contributed by atoms with E-state index < -0.39 is 10.1 Å². The van der Waals surface area contributed by atoms with E-state index in [1.54, 1.807) is 18.2 Å². The molecule has 0 aromatic heterocycles.